The molecular formula is C24H31N2P. The van der Waals surface area contributed by atoms with Crippen LogP contribution in [-0.4, -0.2) is 51.1 Å². The fourth-order valence-electron chi connectivity index (χ4n) is 2.58. The lowest BCUT2D eigenvalue weighted by Crippen LogP contribution is -2.25. The number of hydrogen-bond donors (Lipinski definition) is 0. The second-order valence-electron chi connectivity index (χ2n) is 6.95. The summed E-state index contributed by atoms with van der Waals surface area (Å²) < 4.78 is 0. The monoisotopic (exact) mass is 378 g/mol. The van der Waals surface area contributed by atoms with E-state index in [2.05, 4.69) is 129 Å². The lowest BCUT2D eigenvalue weighted by Gasteiger charge is -2.18. The van der Waals surface area contributed by atoms with Crippen molar-refractivity contribution in [1.82, 2.24) is 9.80 Å². The summed E-state index contributed by atoms with van der Waals surface area (Å²) in [5, 5.41) is 4.19. The molecule has 0 aliphatic rings. The van der Waals surface area contributed by atoms with E-state index in [1.807, 2.05) is 0 Å². The van der Waals surface area contributed by atoms with Crippen molar-refractivity contribution in [3.63, 3.8) is 0 Å². The molecule has 0 heterocycles. The number of likely N-dealkylation sites (N-methyl/N-ethyl adjacent to an activating group) is 2. The third-order valence-corrected chi connectivity index (χ3v) is 6.48. The highest BCUT2D eigenvalue weighted by Gasteiger charge is 2.14. The fraction of sp³-hybridized carbons (Fsp3) is 0.250. The Kier molecular flexibility index (Phi) is 9.21. The minimum atomic E-state index is -0.446. The summed E-state index contributed by atoms with van der Waals surface area (Å²) in [7, 11) is 7.90. The second kappa shape index (κ2) is 11.7. The third kappa shape index (κ3) is 7.64. The Hall–Kier alpha value is -1.99. The maximum Gasteiger partial charge on any atom is 0.0103 e. The summed E-state index contributed by atoms with van der Waals surface area (Å²) in [4.78, 5) is 4.36. The van der Waals surface area contributed by atoms with Crippen molar-refractivity contribution in [2.45, 2.75) is 0 Å². The van der Waals surface area contributed by atoms with Crippen molar-refractivity contribution in [1.29, 1.82) is 0 Å². The van der Waals surface area contributed by atoms with Crippen LogP contribution >= 0.6 is 7.92 Å². The van der Waals surface area contributed by atoms with E-state index in [1.165, 1.54) is 15.9 Å². The van der Waals surface area contributed by atoms with Gasteiger partial charge in [0.05, 0.1) is 0 Å². The Bertz CT molecular complexity index is 641. The van der Waals surface area contributed by atoms with Crippen molar-refractivity contribution >= 4 is 23.8 Å². The first kappa shape index (κ1) is 21.3. The molecule has 0 bridgehead atoms. The summed E-state index contributed by atoms with van der Waals surface area (Å²) in [5.74, 6) is 0. The minimum absolute atomic E-state index is 0.446. The summed E-state index contributed by atoms with van der Waals surface area (Å²) in [6.07, 6.45) is 0. The van der Waals surface area contributed by atoms with Gasteiger partial charge in [-0.25, -0.2) is 0 Å². The van der Waals surface area contributed by atoms with Gasteiger partial charge >= 0.3 is 0 Å². The molecule has 0 unspecified atom stereocenters. The van der Waals surface area contributed by atoms with Crippen molar-refractivity contribution in [3.05, 3.63) is 91.0 Å². The molecule has 0 fully saturated rings. The average molecular weight is 379 g/mol. The highest BCUT2D eigenvalue weighted by molar-refractivity contribution is 7.79. The molecule has 3 aromatic rings. The molecule has 0 saturated heterocycles. The third-order valence-electron chi connectivity index (χ3n) is 4.04. The molecule has 0 N–H and O–H groups in total. The number of nitrogens with zero attached hydrogens (tertiary/aromatic N) is 2. The average Bonchev–Trinajstić information content (AvgIpc) is 2.70. The topological polar surface area (TPSA) is 6.48 Å². The second-order valence-corrected chi connectivity index (χ2v) is 9.17. The first-order chi connectivity index (χ1) is 13.1. The van der Waals surface area contributed by atoms with Crippen molar-refractivity contribution in [2.75, 3.05) is 41.3 Å². The summed E-state index contributed by atoms with van der Waals surface area (Å²) >= 11 is 0. The molecule has 3 heteroatoms. The van der Waals surface area contributed by atoms with Crippen LogP contribution in [0.3, 0.4) is 0 Å². The van der Waals surface area contributed by atoms with Crippen LogP contribution in [0.4, 0.5) is 0 Å². The lowest BCUT2D eigenvalue weighted by atomic mass is 10.4. The van der Waals surface area contributed by atoms with Crippen LogP contribution in [0.25, 0.3) is 0 Å². The zero-order valence-electron chi connectivity index (χ0n) is 16.9. The van der Waals surface area contributed by atoms with E-state index in [4.69, 9.17) is 0 Å². The highest BCUT2D eigenvalue weighted by Crippen LogP contribution is 2.32. The molecule has 3 aromatic carbocycles. The van der Waals surface area contributed by atoms with Gasteiger partial charge in [0.2, 0.25) is 0 Å². The SMILES string of the molecule is CN(C)CCN(C)C.c1ccc(P(c2ccccc2)c2ccccc2)cc1. The highest BCUT2D eigenvalue weighted by atomic mass is 31.1. The Balaban J connectivity index is 0.000000279. The molecule has 0 aliphatic carbocycles. The van der Waals surface area contributed by atoms with Crippen LogP contribution in [0.2, 0.25) is 0 Å². The number of hydrogen-bond acceptors (Lipinski definition) is 2. The van der Waals surface area contributed by atoms with Gasteiger partial charge in [0.25, 0.3) is 0 Å². The predicted molar refractivity (Wildman–Crippen MR) is 122 cm³/mol. The first-order valence-corrected chi connectivity index (χ1v) is 10.7. The molecule has 0 amide bonds. The van der Waals surface area contributed by atoms with Gasteiger partial charge in [-0.2, -0.15) is 0 Å². The summed E-state index contributed by atoms with van der Waals surface area (Å²) in [6, 6.07) is 32.3. The zero-order chi connectivity index (χ0) is 19.5. The molecule has 0 aromatic heterocycles. The molecule has 0 aliphatic heterocycles. The van der Waals surface area contributed by atoms with E-state index in [0.717, 1.165) is 13.1 Å². The fourth-order valence-corrected chi connectivity index (χ4v) is 4.88. The molecule has 3 rings (SSSR count). The van der Waals surface area contributed by atoms with E-state index < -0.39 is 7.92 Å². The van der Waals surface area contributed by atoms with E-state index >= 15 is 0 Å². The first-order valence-electron chi connectivity index (χ1n) is 9.32. The quantitative estimate of drug-likeness (QED) is 0.605. The van der Waals surface area contributed by atoms with Gasteiger partial charge in [-0.05, 0) is 52.0 Å². The van der Waals surface area contributed by atoms with Crippen LogP contribution in [0.5, 0.6) is 0 Å². The van der Waals surface area contributed by atoms with E-state index in [0.29, 0.717) is 0 Å². The zero-order valence-corrected chi connectivity index (χ0v) is 17.8. The van der Waals surface area contributed by atoms with Crippen molar-refractivity contribution in [3.8, 4) is 0 Å². The minimum Gasteiger partial charge on any atom is -0.308 e. The van der Waals surface area contributed by atoms with Crippen molar-refractivity contribution < 1.29 is 0 Å². The van der Waals surface area contributed by atoms with Gasteiger partial charge < -0.3 is 9.80 Å². The van der Waals surface area contributed by atoms with Gasteiger partial charge in [-0.15, -0.1) is 0 Å². The van der Waals surface area contributed by atoms with Gasteiger partial charge in [0, 0.05) is 13.1 Å². The van der Waals surface area contributed by atoms with E-state index in [-0.39, 0.29) is 0 Å². The summed E-state index contributed by atoms with van der Waals surface area (Å²) in [5.41, 5.74) is 0. The molecule has 2 nitrogen and oxygen atoms in total. The van der Waals surface area contributed by atoms with Crippen LogP contribution in [0, 0.1) is 0 Å². The van der Waals surface area contributed by atoms with Gasteiger partial charge in [0.15, 0.2) is 0 Å². The number of rotatable bonds is 6. The normalized spacial score (nSPS) is 10.8. The molecular weight excluding hydrogens is 347 g/mol. The van der Waals surface area contributed by atoms with Gasteiger partial charge in [-0.3, -0.25) is 0 Å². The Morgan fingerprint density at radius 3 is 0.963 bits per heavy atom. The molecule has 0 radical (unpaired) electrons. The van der Waals surface area contributed by atoms with Crippen molar-refractivity contribution in [2.24, 2.45) is 0 Å². The molecule has 0 atom stereocenters. The maximum atomic E-state index is 2.23. The van der Waals surface area contributed by atoms with Crippen LogP contribution in [0.1, 0.15) is 0 Å². The Morgan fingerprint density at radius 1 is 0.481 bits per heavy atom. The Morgan fingerprint density at radius 2 is 0.741 bits per heavy atom. The Labute approximate surface area is 166 Å². The molecule has 142 valence electrons. The lowest BCUT2D eigenvalue weighted by molar-refractivity contribution is 0.320. The molecule has 0 saturated carbocycles. The van der Waals surface area contributed by atoms with Crippen LogP contribution < -0.4 is 15.9 Å². The number of benzene rings is 3. The summed E-state index contributed by atoms with van der Waals surface area (Å²) in [6.45, 7) is 2.29. The smallest absolute Gasteiger partial charge is 0.0103 e. The van der Waals surface area contributed by atoms with Crippen LogP contribution in [-0.2, 0) is 0 Å². The molecule has 27 heavy (non-hydrogen) atoms. The standard InChI is InChI=1S/C18H15P.C6H16N2/c1-4-10-16(11-5-1)19(17-12-6-2-7-13-17)18-14-8-3-9-15-18;1-7(2)5-6-8(3)4/h1-15H;5-6H2,1-4H3. The van der Waals surface area contributed by atoms with Crippen LogP contribution in [0.15, 0.2) is 91.0 Å². The maximum absolute atomic E-state index is 2.23. The van der Waals surface area contributed by atoms with Gasteiger partial charge in [-0.1, -0.05) is 91.0 Å². The predicted octanol–water partition coefficient (Wildman–Crippen LogP) is 3.55. The molecule has 0 spiro atoms. The largest absolute Gasteiger partial charge is 0.308 e. The van der Waals surface area contributed by atoms with Gasteiger partial charge in [0.1, 0.15) is 0 Å². The van der Waals surface area contributed by atoms with E-state index in [1.54, 1.807) is 0 Å². The van der Waals surface area contributed by atoms with E-state index in [9.17, 15) is 0 Å².